The van der Waals surface area contributed by atoms with Gasteiger partial charge in [-0.1, -0.05) is 6.07 Å². The van der Waals surface area contributed by atoms with Crippen LogP contribution in [0, 0.1) is 0 Å². The Morgan fingerprint density at radius 2 is 1.59 bits per heavy atom. The number of pyridine rings is 2. The van der Waals surface area contributed by atoms with Crippen LogP contribution >= 0.6 is 0 Å². The fourth-order valence-corrected chi connectivity index (χ4v) is 5.15. The predicted molar refractivity (Wildman–Crippen MR) is 142 cm³/mol. The number of rotatable bonds is 7. The van der Waals surface area contributed by atoms with Crippen LogP contribution in [-0.2, 0) is 17.8 Å². The summed E-state index contributed by atoms with van der Waals surface area (Å²) < 4.78 is 5.46. The molecular weight excluding hydrogens is 466 g/mol. The van der Waals surface area contributed by atoms with Crippen LogP contribution in [-0.4, -0.2) is 75.3 Å². The van der Waals surface area contributed by atoms with E-state index in [2.05, 4.69) is 41.3 Å². The van der Waals surface area contributed by atoms with Gasteiger partial charge < -0.3 is 10.1 Å². The smallest absolute Gasteiger partial charge is 0.276 e. The zero-order valence-electron chi connectivity index (χ0n) is 20.8. The number of nitrogens with zero attached hydrogens (tertiary/aromatic N) is 5. The van der Waals surface area contributed by atoms with E-state index < -0.39 is 0 Å². The van der Waals surface area contributed by atoms with E-state index >= 15 is 0 Å². The van der Waals surface area contributed by atoms with Gasteiger partial charge in [0.2, 0.25) is 0 Å². The lowest BCUT2D eigenvalue weighted by molar-refractivity contribution is 0.0341. The summed E-state index contributed by atoms with van der Waals surface area (Å²) in [4.78, 5) is 26.8. The minimum Gasteiger partial charge on any atom is -0.379 e. The van der Waals surface area contributed by atoms with Gasteiger partial charge in [-0.2, -0.15) is 5.10 Å². The first kappa shape index (κ1) is 23.7. The minimum atomic E-state index is -0.261. The lowest BCUT2D eigenvalue weighted by Crippen LogP contribution is -2.35. The van der Waals surface area contributed by atoms with Crippen molar-refractivity contribution >= 4 is 22.5 Å². The third-order valence-corrected chi connectivity index (χ3v) is 7.07. The van der Waals surface area contributed by atoms with Crippen LogP contribution < -0.4 is 5.32 Å². The van der Waals surface area contributed by atoms with Crippen LogP contribution in [0.15, 0.2) is 55.1 Å². The first-order chi connectivity index (χ1) is 18.2. The fourth-order valence-electron chi connectivity index (χ4n) is 5.15. The topological polar surface area (TPSA) is 99.3 Å². The van der Waals surface area contributed by atoms with Gasteiger partial charge in [-0.15, -0.1) is 0 Å². The van der Waals surface area contributed by atoms with Gasteiger partial charge in [0.15, 0.2) is 5.69 Å². The molecule has 37 heavy (non-hydrogen) atoms. The quantitative estimate of drug-likeness (QED) is 0.402. The molecule has 9 nitrogen and oxygen atoms in total. The van der Waals surface area contributed by atoms with Gasteiger partial charge in [0.25, 0.3) is 5.91 Å². The number of amides is 1. The maximum Gasteiger partial charge on any atom is 0.276 e. The van der Waals surface area contributed by atoms with Gasteiger partial charge in [-0.25, -0.2) is 0 Å². The second kappa shape index (κ2) is 10.8. The Kier molecular flexibility index (Phi) is 6.90. The average Bonchev–Trinajstić information content (AvgIpc) is 3.59. The standard InChI is InChI=1S/C28H31N7O2/c36-28(31-24-12-21(15-30-17-24)19-34-5-1-2-6-34)27-25-13-22(3-4-26(25)32-33-27)23-11-20(14-29-16-23)18-35-7-9-37-10-8-35/h3-4,11-17H,1-2,5-10,18-19H2,(H,31,36)(H,32,33). The molecule has 190 valence electrons. The summed E-state index contributed by atoms with van der Waals surface area (Å²) in [7, 11) is 0. The van der Waals surface area contributed by atoms with E-state index in [1.165, 1.54) is 12.8 Å². The minimum absolute atomic E-state index is 0.261. The number of ether oxygens (including phenoxy) is 1. The van der Waals surface area contributed by atoms with Crippen molar-refractivity contribution < 1.29 is 9.53 Å². The molecular formula is C28H31N7O2. The molecule has 6 rings (SSSR count). The second-order valence-corrected chi connectivity index (χ2v) is 9.82. The van der Waals surface area contributed by atoms with E-state index in [0.29, 0.717) is 11.4 Å². The van der Waals surface area contributed by atoms with E-state index in [-0.39, 0.29) is 5.91 Å². The third-order valence-electron chi connectivity index (χ3n) is 7.07. The number of H-pyrrole nitrogens is 1. The predicted octanol–water partition coefficient (Wildman–Crippen LogP) is 3.70. The lowest BCUT2D eigenvalue weighted by atomic mass is 10.0. The number of carbonyl (C=O) groups is 1. The lowest BCUT2D eigenvalue weighted by Gasteiger charge is -2.26. The molecule has 0 atom stereocenters. The van der Waals surface area contributed by atoms with Crippen LogP contribution in [0.2, 0.25) is 0 Å². The number of hydrogen-bond donors (Lipinski definition) is 2. The molecule has 3 aromatic heterocycles. The number of hydrogen-bond acceptors (Lipinski definition) is 7. The van der Waals surface area contributed by atoms with Crippen molar-refractivity contribution in [2.75, 3.05) is 44.7 Å². The van der Waals surface area contributed by atoms with Crippen molar-refractivity contribution in [2.24, 2.45) is 0 Å². The molecule has 0 unspecified atom stereocenters. The molecule has 2 saturated heterocycles. The number of carbonyl (C=O) groups excluding carboxylic acids is 1. The Labute approximate surface area is 215 Å². The normalized spacial score (nSPS) is 16.9. The molecule has 1 aromatic carbocycles. The van der Waals surface area contributed by atoms with Crippen LogP contribution in [0.5, 0.6) is 0 Å². The number of aromatic nitrogens is 4. The molecule has 9 heteroatoms. The number of fused-ring (bicyclic) bond motifs is 1. The molecule has 0 spiro atoms. The van der Waals surface area contributed by atoms with Gasteiger partial charge >= 0.3 is 0 Å². The first-order valence-corrected chi connectivity index (χ1v) is 12.9. The van der Waals surface area contributed by atoms with Gasteiger partial charge in [0, 0.05) is 55.7 Å². The summed E-state index contributed by atoms with van der Waals surface area (Å²) in [6.07, 6.45) is 9.81. The highest BCUT2D eigenvalue weighted by atomic mass is 16.5. The van der Waals surface area contributed by atoms with Crippen molar-refractivity contribution in [3.05, 3.63) is 71.9 Å². The number of anilines is 1. The van der Waals surface area contributed by atoms with Crippen LogP contribution in [0.25, 0.3) is 22.0 Å². The molecule has 1 amide bonds. The number of likely N-dealkylation sites (tertiary alicyclic amines) is 1. The summed E-state index contributed by atoms with van der Waals surface area (Å²) in [6, 6.07) is 10.2. The maximum atomic E-state index is 13.2. The molecule has 2 fully saturated rings. The van der Waals surface area contributed by atoms with Crippen molar-refractivity contribution in [1.82, 2.24) is 30.0 Å². The Hall–Kier alpha value is -3.66. The first-order valence-electron chi connectivity index (χ1n) is 12.9. The molecule has 2 aliphatic rings. The monoisotopic (exact) mass is 497 g/mol. The van der Waals surface area contributed by atoms with E-state index in [1.54, 1.807) is 6.20 Å². The number of benzene rings is 1. The number of aromatic amines is 1. The van der Waals surface area contributed by atoms with Crippen molar-refractivity contribution in [2.45, 2.75) is 25.9 Å². The molecule has 2 N–H and O–H groups in total. The highest BCUT2D eigenvalue weighted by molar-refractivity contribution is 6.11. The molecule has 0 aliphatic carbocycles. The summed E-state index contributed by atoms with van der Waals surface area (Å²) >= 11 is 0. The largest absolute Gasteiger partial charge is 0.379 e. The highest BCUT2D eigenvalue weighted by Crippen LogP contribution is 2.26. The molecule has 0 bridgehead atoms. The fraction of sp³-hybridized carbons (Fsp3) is 0.357. The van der Waals surface area contributed by atoms with E-state index in [9.17, 15) is 4.79 Å². The number of nitrogens with one attached hydrogen (secondary N) is 2. The zero-order chi connectivity index (χ0) is 25.0. The number of morpholine rings is 1. The Morgan fingerprint density at radius 1 is 0.865 bits per heavy atom. The van der Waals surface area contributed by atoms with Gasteiger partial charge in [0.05, 0.1) is 30.6 Å². The van der Waals surface area contributed by atoms with Crippen molar-refractivity contribution in [1.29, 1.82) is 0 Å². The van der Waals surface area contributed by atoms with E-state index in [4.69, 9.17) is 4.74 Å². The zero-order valence-corrected chi connectivity index (χ0v) is 20.8. The van der Waals surface area contributed by atoms with Crippen LogP contribution in [0.1, 0.15) is 34.5 Å². The third kappa shape index (κ3) is 5.53. The van der Waals surface area contributed by atoms with Gasteiger partial charge in [-0.3, -0.25) is 29.7 Å². The van der Waals surface area contributed by atoms with E-state index in [0.717, 1.165) is 85.6 Å². The Morgan fingerprint density at radius 3 is 2.41 bits per heavy atom. The average molecular weight is 498 g/mol. The van der Waals surface area contributed by atoms with Crippen LogP contribution in [0.4, 0.5) is 5.69 Å². The van der Waals surface area contributed by atoms with Gasteiger partial charge in [0.1, 0.15) is 0 Å². The second-order valence-electron chi connectivity index (χ2n) is 9.82. The Bertz CT molecular complexity index is 1390. The summed E-state index contributed by atoms with van der Waals surface area (Å²) in [5.41, 5.74) is 6.11. The molecule has 2 aliphatic heterocycles. The van der Waals surface area contributed by atoms with Crippen molar-refractivity contribution in [3.63, 3.8) is 0 Å². The molecule has 0 radical (unpaired) electrons. The summed E-state index contributed by atoms with van der Waals surface area (Å²) in [6.45, 7) is 7.33. The molecule has 0 saturated carbocycles. The SMILES string of the molecule is O=C(Nc1cncc(CN2CCCC2)c1)c1n[nH]c2ccc(-c3cncc(CN4CCOCC4)c3)cc12. The molecule has 4 aromatic rings. The van der Waals surface area contributed by atoms with Gasteiger partial charge in [-0.05, 0) is 66.9 Å². The summed E-state index contributed by atoms with van der Waals surface area (Å²) in [5.74, 6) is -0.261. The van der Waals surface area contributed by atoms with E-state index in [1.807, 2.05) is 42.9 Å². The Balaban J connectivity index is 1.20. The van der Waals surface area contributed by atoms with Crippen LogP contribution in [0.3, 0.4) is 0 Å². The highest BCUT2D eigenvalue weighted by Gasteiger charge is 2.17. The summed E-state index contributed by atoms with van der Waals surface area (Å²) in [5, 5.41) is 11.1. The molecule has 5 heterocycles. The maximum absolute atomic E-state index is 13.2. The van der Waals surface area contributed by atoms with Crippen molar-refractivity contribution in [3.8, 4) is 11.1 Å².